The molecule has 1 aromatic rings. The van der Waals surface area contributed by atoms with Crippen LogP contribution in [-0.4, -0.2) is 55.3 Å². The summed E-state index contributed by atoms with van der Waals surface area (Å²) < 4.78 is 10.4. The number of benzene rings is 1. The molecule has 7 nitrogen and oxygen atoms in total. The highest BCUT2D eigenvalue weighted by molar-refractivity contribution is 5.81. The smallest absolute Gasteiger partial charge is 0.260 e. The summed E-state index contributed by atoms with van der Waals surface area (Å²) in [7, 11) is 1.56. The van der Waals surface area contributed by atoms with Gasteiger partial charge in [0.25, 0.3) is 5.91 Å². The predicted molar refractivity (Wildman–Crippen MR) is 78.4 cm³/mol. The molecule has 0 saturated heterocycles. The molecule has 0 aliphatic heterocycles. The lowest BCUT2D eigenvalue weighted by atomic mass is 10.3. The minimum atomic E-state index is -0.179. The van der Waals surface area contributed by atoms with Crippen LogP contribution >= 0.6 is 0 Å². The zero-order chi connectivity index (χ0) is 15.5. The van der Waals surface area contributed by atoms with Crippen molar-refractivity contribution in [3.05, 3.63) is 30.3 Å². The molecule has 0 heterocycles. The van der Waals surface area contributed by atoms with Crippen LogP contribution in [0.15, 0.2) is 35.5 Å². The van der Waals surface area contributed by atoms with Crippen LogP contribution in [0.25, 0.3) is 0 Å². The van der Waals surface area contributed by atoms with Crippen LogP contribution in [0.3, 0.4) is 0 Å². The number of oxime groups is 1. The van der Waals surface area contributed by atoms with Gasteiger partial charge in [-0.25, -0.2) is 0 Å². The van der Waals surface area contributed by atoms with E-state index < -0.39 is 0 Å². The Labute approximate surface area is 123 Å². The summed E-state index contributed by atoms with van der Waals surface area (Å²) in [6, 6.07) is 9.10. The Morgan fingerprint density at radius 2 is 2.05 bits per heavy atom. The van der Waals surface area contributed by atoms with Gasteiger partial charge in [0.05, 0.1) is 6.61 Å². The molecular formula is C14H21N3O4. The van der Waals surface area contributed by atoms with Crippen LogP contribution in [0, 0.1) is 0 Å². The molecule has 1 rings (SSSR count). The molecule has 0 aromatic heterocycles. The molecule has 1 amide bonds. The maximum absolute atomic E-state index is 12.1. The third-order valence-corrected chi connectivity index (χ3v) is 2.79. The Balaban J connectivity index is 2.49. The monoisotopic (exact) mass is 295 g/mol. The molecule has 21 heavy (non-hydrogen) atoms. The second kappa shape index (κ2) is 9.60. The number of amidine groups is 1. The zero-order valence-corrected chi connectivity index (χ0v) is 12.1. The van der Waals surface area contributed by atoms with E-state index in [1.807, 2.05) is 18.2 Å². The summed E-state index contributed by atoms with van der Waals surface area (Å²) in [6.45, 7) is 1.11. The standard InChI is InChI=1S/C14H21N3O4/c1-20-10-9-17(8-7-13(15)16-19)14(18)11-21-12-5-3-2-4-6-12/h2-6,19H,7-11H2,1H3,(H2,15,16). The molecule has 3 N–H and O–H groups in total. The van der Waals surface area contributed by atoms with E-state index in [-0.39, 0.29) is 24.8 Å². The molecule has 0 atom stereocenters. The first-order valence-corrected chi connectivity index (χ1v) is 6.58. The molecule has 0 radical (unpaired) electrons. The predicted octanol–water partition coefficient (Wildman–Crippen LogP) is 0.677. The fraction of sp³-hybridized carbons (Fsp3) is 0.429. The highest BCUT2D eigenvalue weighted by Crippen LogP contribution is 2.08. The van der Waals surface area contributed by atoms with Gasteiger partial charge >= 0.3 is 0 Å². The number of hydrogen-bond donors (Lipinski definition) is 2. The second-order valence-corrected chi connectivity index (χ2v) is 4.32. The SMILES string of the molecule is COCCN(CCC(N)=NO)C(=O)COc1ccccc1. The normalized spacial score (nSPS) is 11.2. The molecule has 1 aromatic carbocycles. The Kier molecular flexibility index (Phi) is 7.67. The van der Waals surface area contributed by atoms with E-state index >= 15 is 0 Å². The van der Waals surface area contributed by atoms with Gasteiger partial charge in [-0.3, -0.25) is 4.79 Å². The van der Waals surface area contributed by atoms with E-state index in [0.29, 0.717) is 25.4 Å². The van der Waals surface area contributed by atoms with Crippen molar-refractivity contribution in [2.45, 2.75) is 6.42 Å². The summed E-state index contributed by atoms with van der Waals surface area (Å²) in [5.41, 5.74) is 5.41. The Morgan fingerprint density at radius 3 is 2.67 bits per heavy atom. The van der Waals surface area contributed by atoms with Gasteiger partial charge in [0.15, 0.2) is 6.61 Å². The maximum Gasteiger partial charge on any atom is 0.260 e. The van der Waals surface area contributed by atoms with Crippen LogP contribution in [-0.2, 0) is 9.53 Å². The number of carbonyl (C=O) groups excluding carboxylic acids is 1. The van der Waals surface area contributed by atoms with Crippen molar-refractivity contribution < 1.29 is 19.5 Å². The number of amides is 1. The quantitative estimate of drug-likeness (QED) is 0.302. The summed E-state index contributed by atoms with van der Waals surface area (Å²) in [4.78, 5) is 13.7. The lowest BCUT2D eigenvalue weighted by Crippen LogP contribution is -2.39. The summed E-state index contributed by atoms with van der Waals surface area (Å²) in [5, 5.41) is 11.4. The fourth-order valence-electron chi connectivity index (χ4n) is 1.62. The van der Waals surface area contributed by atoms with E-state index in [1.165, 1.54) is 0 Å². The van der Waals surface area contributed by atoms with Gasteiger partial charge in [0.1, 0.15) is 11.6 Å². The summed E-state index contributed by atoms with van der Waals surface area (Å²) >= 11 is 0. The van der Waals surface area contributed by atoms with Gasteiger partial charge in [-0.1, -0.05) is 23.4 Å². The van der Waals surface area contributed by atoms with Crippen LogP contribution in [0.4, 0.5) is 0 Å². The molecule has 0 fully saturated rings. The number of rotatable bonds is 9. The topological polar surface area (TPSA) is 97.4 Å². The molecule has 0 spiro atoms. The minimum absolute atomic E-state index is 0.0656. The van der Waals surface area contributed by atoms with Crippen LogP contribution in [0.5, 0.6) is 5.75 Å². The van der Waals surface area contributed by atoms with E-state index in [4.69, 9.17) is 20.4 Å². The first-order valence-electron chi connectivity index (χ1n) is 6.58. The first-order chi connectivity index (χ1) is 10.2. The summed E-state index contributed by atoms with van der Waals surface area (Å²) in [5.74, 6) is 0.532. The number of ether oxygens (including phenoxy) is 2. The third-order valence-electron chi connectivity index (χ3n) is 2.79. The van der Waals surface area contributed by atoms with Crippen molar-refractivity contribution >= 4 is 11.7 Å². The number of methoxy groups -OCH3 is 1. The van der Waals surface area contributed by atoms with Crippen molar-refractivity contribution in [3.63, 3.8) is 0 Å². The maximum atomic E-state index is 12.1. The Bertz CT molecular complexity index is 451. The van der Waals surface area contributed by atoms with E-state index in [9.17, 15) is 4.79 Å². The number of carbonyl (C=O) groups is 1. The van der Waals surface area contributed by atoms with Crippen molar-refractivity contribution in [3.8, 4) is 5.75 Å². The van der Waals surface area contributed by atoms with Gasteiger partial charge in [0.2, 0.25) is 0 Å². The largest absolute Gasteiger partial charge is 0.484 e. The van der Waals surface area contributed by atoms with E-state index in [2.05, 4.69) is 5.16 Å². The minimum Gasteiger partial charge on any atom is -0.484 e. The number of hydrogen-bond acceptors (Lipinski definition) is 5. The zero-order valence-electron chi connectivity index (χ0n) is 12.1. The number of para-hydroxylation sites is 1. The van der Waals surface area contributed by atoms with Crippen molar-refractivity contribution in [2.75, 3.05) is 33.4 Å². The lowest BCUT2D eigenvalue weighted by Gasteiger charge is -2.22. The molecule has 0 saturated carbocycles. The Hall–Kier alpha value is -2.28. The third kappa shape index (κ3) is 6.62. The van der Waals surface area contributed by atoms with Crippen molar-refractivity contribution in [2.24, 2.45) is 10.9 Å². The van der Waals surface area contributed by atoms with Crippen molar-refractivity contribution in [1.29, 1.82) is 0 Å². The fourth-order valence-corrected chi connectivity index (χ4v) is 1.62. The van der Waals surface area contributed by atoms with E-state index in [0.717, 1.165) is 0 Å². The highest BCUT2D eigenvalue weighted by Gasteiger charge is 2.14. The van der Waals surface area contributed by atoms with Crippen molar-refractivity contribution in [1.82, 2.24) is 4.90 Å². The average Bonchev–Trinajstić information content (AvgIpc) is 2.53. The number of nitrogens with two attached hydrogens (primary N) is 1. The first kappa shape index (κ1) is 16.8. The molecule has 0 aliphatic carbocycles. The Morgan fingerprint density at radius 1 is 1.33 bits per heavy atom. The van der Waals surface area contributed by atoms with Gasteiger partial charge in [-0.2, -0.15) is 0 Å². The van der Waals surface area contributed by atoms with Gasteiger partial charge in [-0.15, -0.1) is 0 Å². The molecular weight excluding hydrogens is 274 g/mol. The van der Waals surface area contributed by atoms with E-state index in [1.54, 1.807) is 24.1 Å². The molecule has 0 bridgehead atoms. The highest BCUT2D eigenvalue weighted by atomic mass is 16.5. The molecule has 0 aliphatic rings. The molecule has 7 heteroatoms. The van der Waals surface area contributed by atoms with Gasteiger partial charge in [-0.05, 0) is 12.1 Å². The average molecular weight is 295 g/mol. The van der Waals surface area contributed by atoms with Gasteiger partial charge in [0, 0.05) is 26.6 Å². The van der Waals surface area contributed by atoms with Gasteiger partial charge < -0.3 is 25.3 Å². The van der Waals surface area contributed by atoms with Crippen LogP contribution < -0.4 is 10.5 Å². The lowest BCUT2D eigenvalue weighted by molar-refractivity contribution is -0.133. The summed E-state index contributed by atoms with van der Waals surface area (Å²) in [6.07, 6.45) is 0.289. The molecule has 0 unspecified atom stereocenters. The number of nitrogens with zero attached hydrogens (tertiary/aromatic N) is 2. The van der Waals surface area contributed by atoms with Crippen LogP contribution in [0.2, 0.25) is 0 Å². The molecule has 116 valence electrons. The second-order valence-electron chi connectivity index (χ2n) is 4.32. The van der Waals surface area contributed by atoms with Crippen LogP contribution in [0.1, 0.15) is 6.42 Å².